The van der Waals surface area contributed by atoms with Gasteiger partial charge in [-0.3, -0.25) is 9.20 Å². The zero-order chi connectivity index (χ0) is 17.0. The number of aromatic nitrogens is 4. The van der Waals surface area contributed by atoms with Crippen LogP contribution in [-0.2, 0) is 18.6 Å². The minimum absolute atomic E-state index is 0.0105. The SMILES string of the molecule is Cc1csc2nc(CSc3ncnc4sc5c(c34)CCC5)cc(=O)n12. The summed E-state index contributed by atoms with van der Waals surface area (Å²) in [5, 5.41) is 4.19. The van der Waals surface area contributed by atoms with Gasteiger partial charge in [0.1, 0.15) is 16.2 Å². The molecule has 0 radical (unpaired) electrons. The summed E-state index contributed by atoms with van der Waals surface area (Å²) < 4.78 is 1.66. The molecule has 0 N–H and O–H groups in total. The first-order valence-corrected chi connectivity index (χ1v) is 10.7. The molecule has 0 saturated carbocycles. The molecule has 0 bridgehead atoms. The summed E-state index contributed by atoms with van der Waals surface area (Å²) in [6.07, 6.45) is 5.15. The van der Waals surface area contributed by atoms with E-state index >= 15 is 0 Å². The van der Waals surface area contributed by atoms with Crippen LogP contribution in [0.5, 0.6) is 0 Å². The molecule has 0 amide bonds. The predicted octanol–water partition coefficient (Wildman–Crippen LogP) is 3.85. The Morgan fingerprint density at radius 1 is 1.32 bits per heavy atom. The number of rotatable bonds is 3. The first-order chi connectivity index (χ1) is 12.2. The maximum atomic E-state index is 12.3. The second kappa shape index (κ2) is 5.89. The summed E-state index contributed by atoms with van der Waals surface area (Å²) in [6, 6.07) is 1.64. The van der Waals surface area contributed by atoms with Crippen molar-refractivity contribution in [2.45, 2.75) is 37.0 Å². The van der Waals surface area contributed by atoms with Gasteiger partial charge in [-0.2, -0.15) is 0 Å². The van der Waals surface area contributed by atoms with E-state index in [0.717, 1.165) is 39.0 Å². The second-order valence-electron chi connectivity index (χ2n) is 6.09. The van der Waals surface area contributed by atoms with Gasteiger partial charge in [0, 0.05) is 33.2 Å². The van der Waals surface area contributed by atoms with Crippen LogP contribution in [0.1, 0.15) is 28.2 Å². The Balaban J connectivity index is 1.51. The van der Waals surface area contributed by atoms with Gasteiger partial charge in [-0.15, -0.1) is 22.7 Å². The molecule has 1 aliphatic carbocycles. The number of hydrogen-bond acceptors (Lipinski definition) is 7. The minimum Gasteiger partial charge on any atom is -0.269 e. The van der Waals surface area contributed by atoms with E-state index in [0.29, 0.717) is 5.75 Å². The van der Waals surface area contributed by atoms with Crippen LogP contribution in [0.3, 0.4) is 0 Å². The Morgan fingerprint density at radius 2 is 2.24 bits per heavy atom. The van der Waals surface area contributed by atoms with Crippen molar-refractivity contribution < 1.29 is 0 Å². The number of thioether (sulfide) groups is 1. The molecule has 4 heterocycles. The molecular formula is C17H14N4OS3. The van der Waals surface area contributed by atoms with Gasteiger partial charge in [-0.05, 0) is 31.7 Å². The molecule has 1 aliphatic rings. The molecule has 5 nitrogen and oxygen atoms in total. The van der Waals surface area contributed by atoms with Crippen molar-refractivity contribution in [2.24, 2.45) is 0 Å². The highest BCUT2D eigenvalue weighted by Crippen LogP contribution is 2.40. The molecule has 4 aromatic heterocycles. The molecule has 25 heavy (non-hydrogen) atoms. The largest absolute Gasteiger partial charge is 0.269 e. The van der Waals surface area contributed by atoms with Gasteiger partial charge in [-0.1, -0.05) is 11.8 Å². The first-order valence-electron chi connectivity index (χ1n) is 8.05. The molecule has 0 fully saturated rings. The quantitative estimate of drug-likeness (QED) is 0.395. The summed E-state index contributed by atoms with van der Waals surface area (Å²) in [4.78, 5) is 29.2. The lowest BCUT2D eigenvalue weighted by Gasteiger charge is -2.04. The van der Waals surface area contributed by atoms with Crippen LogP contribution < -0.4 is 5.56 Å². The van der Waals surface area contributed by atoms with Crippen molar-refractivity contribution >= 4 is 49.6 Å². The summed E-state index contributed by atoms with van der Waals surface area (Å²) in [5.41, 5.74) is 3.16. The van der Waals surface area contributed by atoms with Crippen molar-refractivity contribution in [3.05, 3.63) is 50.0 Å². The highest BCUT2D eigenvalue weighted by Gasteiger charge is 2.21. The maximum Gasteiger partial charge on any atom is 0.258 e. The van der Waals surface area contributed by atoms with E-state index in [2.05, 4.69) is 15.0 Å². The molecule has 0 unspecified atom stereocenters. The molecule has 0 aromatic carbocycles. The third kappa shape index (κ3) is 2.51. The van der Waals surface area contributed by atoms with Crippen LogP contribution in [0.4, 0.5) is 0 Å². The zero-order valence-electron chi connectivity index (χ0n) is 13.5. The van der Waals surface area contributed by atoms with Crippen molar-refractivity contribution in [3.63, 3.8) is 0 Å². The average Bonchev–Trinajstić information content (AvgIpc) is 3.27. The van der Waals surface area contributed by atoms with Crippen molar-refractivity contribution in [2.75, 3.05) is 0 Å². The molecule has 0 spiro atoms. The van der Waals surface area contributed by atoms with Gasteiger partial charge >= 0.3 is 0 Å². The van der Waals surface area contributed by atoms with Gasteiger partial charge in [-0.25, -0.2) is 15.0 Å². The fraction of sp³-hybridized carbons (Fsp3) is 0.294. The Kier molecular flexibility index (Phi) is 3.65. The van der Waals surface area contributed by atoms with Crippen molar-refractivity contribution in [3.8, 4) is 0 Å². The number of thiophene rings is 1. The normalized spacial score (nSPS) is 13.8. The summed E-state index contributed by atoms with van der Waals surface area (Å²) >= 11 is 4.95. The number of fused-ring (bicyclic) bond motifs is 4. The lowest BCUT2D eigenvalue weighted by molar-refractivity contribution is 0.915. The van der Waals surface area contributed by atoms with Crippen LogP contribution in [-0.4, -0.2) is 19.4 Å². The molecule has 0 aliphatic heterocycles. The van der Waals surface area contributed by atoms with E-state index in [1.807, 2.05) is 12.3 Å². The van der Waals surface area contributed by atoms with Gasteiger partial charge in [0.05, 0.1) is 5.69 Å². The van der Waals surface area contributed by atoms with Gasteiger partial charge < -0.3 is 0 Å². The summed E-state index contributed by atoms with van der Waals surface area (Å²) in [6.45, 7) is 1.93. The van der Waals surface area contributed by atoms with E-state index in [4.69, 9.17) is 0 Å². The number of hydrogen-bond donors (Lipinski definition) is 0. The first kappa shape index (κ1) is 15.5. The van der Waals surface area contributed by atoms with Crippen molar-refractivity contribution in [1.29, 1.82) is 0 Å². The fourth-order valence-corrected chi connectivity index (χ4v) is 6.43. The second-order valence-corrected chi connectivity index (χ2v) is 8.97. The highest BCUT2D eigenvalue weighted by molar-refractivity contribution is 7.98. The lowest BCUT2D eigenvalue weighted by Crippen LogP contribution is -2.14. The molecule has 0 saturated heterocycles. The fourth-order valence-electron chi connectivity index (χ4n) is 3.33. The molecular weight excluding hydrogens is 372 g/mol. The third-order valence-electron chi connectivity index (χ3n) is 4.45. The van der Waals surface area contributed by atoms with Gasteiger partial charge in [0.15, 0.2) is 4.96 Å². The number of aryl methyl sites for hydroxylation is 3. The Bertz CT molecular complexity index is 1170. The molecule has 126 valence electrons. The Morgan fingerprint density at radius 3 is 3.16 bits per heavy atom. The smallest absolute Gasteiger partial charge is 0.258 e. The Labute approximate surface area is 155 Å². The summed E-state index contributed by atoms with van der Waals surface area (Å²) in [5.74, 6) is 0.638. The van der Waals surface area contributed by atoms with Crippen LogP contribution >= 0.6 is 34.4 Å². The van der Waals surface area contributed by atoms with Crippen molar-refractivity contribution in [1.82, 2.24) is 19.4 Å². The van der Waals surface area contributed by atoms with Gasteiger partial charge in [0.2, 0.25) is 0 Å². The minimum atomic E-state index is -0.0105. The van der Waals surface area contributed by atoms with Crippen LogP contribution in [0.25, 0.3) is 15.2 Å². The van der Waals surface area contributed by atoms with Crippen LogP contribution in [0, 0.1) is 6.92 Å². The topological polar surface area (TPSA) is 60.2 Å². The standard InChI is InChI=1S/C17H14N4OS3/c1-9-6-24-17-20-10(5-13(22)21(9)17)7-23-15-14-11-3-2-4-12(11)25-16(14)19-8-18-15/h5-6,8H,2-4,7H2,1H3. The third-order valence-corrected chi connectivity index (χ3v) is 7.62. The summed E-state index contributed by atoms with van der Waals surface area (Å²) in [7, 11) is 0. The number of thiazole rings is 1. The lowest BCUT2D eigenvalue weighted by atomic mass is 10.2. The van der Waals surface area contributed by atoms with Gasteiger partial charge in [0.25, 0.3) is 5.56 Å². The monoisotopic (exact) mass is 386 g/mol. The van der Waals surface area contributed by atoms with E-state index in [-0.39, 0.29) is 5.56 Å². The molecule has 8 heteroatoms. The molecule has 0 atom stereocenters. The van der Waals surface area contributed by atoms with E-state index in [1.54, 1.807) is 39.9 Å². The average molecular weight is 387 g/mol. The van der Waals surface area contributed by atoms with Crippen LogP contribution in [0.15, 0.2) is 27.6 Å². The highest BCUT2D eigenvalue weighted by atomic mass is 32.2. The predicted molar refractivity (Wildman–Crippen MR) is 103 cm³/mol. The Hall–Kier alpha value is -1.77. The molecule has 4 aromatic rings. The van der Waals surface area contributed by atoms with E-state index in [9.17, 15) is 4.79 Å². The molecule has 5 rings (SSSR count). The van der Waals surface area contributed by atoms with Crippen LogP contribution in [0.2, 0.25) is 0 Å². The number of nitrogens with zero attached hydrogens (tertiary/aromatic N) is 4. The zero-order valence-corrected chi connectivity index (χ0v) is 15.9. The van der Waals surface area contributed by atoms with E-state index in [1.165, 1.54) is 33.6 Å². The maximum absolute atomic E-state index is 12.3. The van der Waals surface area contributed by atoms with E-state index < -0.39 is 0 Å².